The molecule has 5 N–H and O–H groups in total. The van der Waals surface area contributed by atoms with Crippen molar-refractivity contribution in [3.8, 4) is 0 Å². The van der Waals surface area contributed by atoms with E-state index in [9.17, 15) is 32.7 Å². The quantitative estimate of drug-likeness (QED) is 0.166. The van der Waals surface area contributed by atoms with Crippen LogP contribution in [-0.2, 0) is 30.3 Å². The highest BCUT2D eigenvalue weighted by Crippen LogP contribution is 2.38. The molecule has 4 fully saturated rings. The summed E-state index contributed by atoms with van der Waals surface area (Å²) in [6, 6.07) is -1.31. The SMILES string of the molecule is CCC(NC(=O)NC1(CS(=O)O)CCCCC1)(C(=O)N1CCCC1C(=O)NCC(=O)C(=O)NC1CC1)C1CCCCC1. The van der Waals surface area contributed by atoms with Crippen LogP contribution in [0.3, 0.4) is 0 Å². The van der Waals surface area contributed by atoms with Crippen molar-refractivity contribution < 1.29 is 32.7 Å². The highest BCUT2D eigenvalue weighted by molar-refractivity contribution is 7.79. The molecule has 3 unspecified atom stereocenters. The minimum absolute atomic E-state index is 0.0329. The smallest absolute Gasteiger partial charge is 0.316 e. The minimum atomic E-state index is -2.09. The number of hydrogen-bond acceptors (Lipinski definition) is 6. The van der Waals surface area contributed by atoms with Crippen molar-refractivity contribution >= 4 is 40.6 Å². The number of urea groups is 1. The molecule has 1 saturated heterocycles. The van der Waals surface area contributed by atoms with Crippen molar-refractivity contribution in [2.24, 2.45) is 5.92 Å². The zero-order valence-corrected chi connectivity index (χ0v) is 25.5. The van der Waals surface area contributed by atoms with E-state index >= 15 is 0 Å². The van der Waals surface area contributed by atoms with E-state index in [1.807, 2.05) is 6.92 Å². The first kappa shape index (κ1) is 32.4. The Hall–Kier alpha value is -2.54. The number of amides is 5. The Morgan fingerprint density at radius 1 is 0.929 bits per heavy atom. The van der Waals surface area contributed by atoms with Crippen molar-refractivity contribution in [1.82, 2.24) is 26.2 Å². The second-order valence-corrected chi connectivity index (χ2v) is 13.5. The van der Waals surface area contributed by atoms with Gasteiger partial charge < -0.3 is 30.7 Å². The van der Waals surface area contributed by atoms with E-state index in [1.54, 1.807) is 0 Å². The van der Waals surface area contributed by atoms with Gasteiger partial charge in [0, 0.05) is 12.6 Å². The molecule has 42 heavy (non-hydrogen) atoms. The van der Waals surface area contributed by atoms with Crippen LogP contribution in [0.1, 0.15) is 103 Å². The van der Waals surface area contributed by atoms with Gasteiger partial charge in [0.2, 0.25) is 17.6 Å². The summed E-state index contributed by atoms with van der Waals surface area (Å²) in [7, 11) is 0. The average Bonchev–Trinajstić information content (AvgIpc) is 3.65. The van der Waals surface area contributed by atoms with Gasteiger partial charge in [-0.1, -0.05) is 45.4 Å². The molecule has 0 bridgehead atoms. The molecule has 236 valence electrons. The van der Waals surface area contributed by atoms with Crippen molar-refractivity contribution in [3.05, 3.63) is 0 Å². The maximum absolute atomic E-state index is 14.5. The lowest BCUT2D eigenvalue weighted by molar-refractivity contribution is -0.146. The third kappa shape index (κ3) is 7.89. The molecule has 0 radical (unpaired) electrons. The normalized spacial score (nSPS) is 24.6. The topological polar surface area (TPSA) is 174 Å². The molecular weight excluding hydrogens is 562 g/mol. The number of hydrogen-bond donors (Lipinski definition) is 5. The lowest BCUT2D eigenvalue weighted by Gasteiger charge is -2.45. The van der Waals surface area contributed by atoms with E-state index in [4.69, 9.17) is 0 Å². The molecule has 13 heteroatoms. The Balaban J connectivity index is 1.49. The maximum atomic E-state index is 14.5. The van der Waals surface area contributed by atoms with Gasteiger partial charge in [-0.3, -0.25) is 19.2 Å². The van der Waals surface area contributed by atoms with E-state index < -0.39 is 58.4 Å². The molecule has 5 amide bonds. The van der Waals surface area contributed by atoms with Gasteiger partial charge in [0.05, 0.1) is 17.8 Å². The Kier molecular flexibility index (Phi) is 11.0. The van der Waals surface area contributed by atoms with Crippen LogP contribution in [0.5, 0.6) is 0 Å². The molecule has 1 heterocycles. The highest BCUT2D eigenvalue weighted by Gasteiger charge is 2.51. The third-order valence-corrected chi connectivity index (χ3v) is 10.4. The molecule has 4 aliphatic rings. The number of likely N-dealkylation sites (tertiary alicyclic amines) is 1. The van der Waals surface area contributed by atoms with Crippen molar-refractivity contribution in [2.75, 3.05) is 18.8 Å². The predicted octanol–water partition coefficient (Wildman–Crippen LogP) is 1.89. The van der Waals surface area contributed by atoms with Crippen LogP contribution in [0.25, 0.3) is 0 Å². The summed E-state index contributed by atoms with van der Waals surface area (Å²) in [6.45, 7) is 1.78. The molecule has 0 aromatic rings. The second-order valence-electron chi connectivity index (χ2n) is 12.6. The summed E-state index contributed by atoms with van der Waals surface area (Å²) < 4.78 is 21.5. The van der Waals surface area contributed by atoms with Crippen LogP contribution in [0.2, 0.25) is 0 Å². The maximum Gasteiger partial charge on any atom is 0.316 e. The van der Waals surface area contributed by atoms with Gasteiger partial charge >= 0.3 is 6.03 Å². The molecule has 3 atom stereocenters. The van der Waals surface area contributed by atoms with E-state index in [1.165, 1.54) is 4.90 Å². The summed E-state index contributed by atoms with van der Waals surface area (Å²) in [5.74, 6) is -2.43. The fourth-order valence-corrected chi connectivity index (χ4v) is 7.93. The summed E-state index contributed by atoms with van der Waals surface area (Å²) in [6.07, 6.45) is 11.4. The molecule has 4 rings (SSSR count). The van der Waals surface area contributed by atoms with E-state index in [2.05, 4.69) is 21.3 Å². The van der Waals surface area contributed by atoms with Crippen LogP contribution in [0.4, 0.5) is 4.79 Å². The van der Waals surface area contributed by atoms with Gasteiger partial charge in [0.25, 0.3) is 5.91 Å². The summed E-state index contributed by atoms with van der Waals surface area (Å²) in [5.41, 5.74) is -2.06. The van der Waals surface area contributed by atoms with Crippen molar-refractivity contribution in [3.63, 3.8) is 0 Å². The number of ketones is 1. The molecule has 3 aliphatic carbocycles. The molecule has 0 aromatic carbocycles. The standard InChI is InChI=1S/C29H47N5O7S/c1-2-29(20-10-5-3-6-11-20,33-27(39)32-28(19-42(40)41)15-7-4-8-16-28)26(38)34-17-9-12-22(34)24(36)30-18-23(35)25(37)31-21-13-14-21/h20-22H,2-19H2,1H3,(H,30,36)(H,31,37)(H,40,41)(H2,32,33,39). The van der Waals surface area contributed by atoms with Gasteiger partial charge in [-0.05, 0) is 63.7 Å². The van der Waals surface area contributed by atoms with Crippen molar-refractivity contribution in [1.29, 1.82) is 0 Å². The van der Waals surface area contributed by atoms with Crippen molar-refractivity contribution in [2.45, 2.75) is 126 Å². The Bertz CT molecular complexity index is 1050. The zero-order chi connectivity index (χ0) is 30.3. The molecule has 0 aromatic heterocycles. The van der Waals surface area contributed by atoms with Crippen LogP contribution >= 0.6 is 0 Å². The largest absolute Gasteiger partial charge is 0.347 e. The second kappa shape index (κ2) is 14.3. The minimum Gasteiger partial charge on any atom is -0.347 e. The van der Waals surface area contributed by atoms with Gasteiger partial charge in [0.15, 0.2) is 11.1 Å². The molecule has 0 spiro atoms. The summed E-state index contributed by atoms with van der Waals surface area (Å²) in [5, 5.41) is 11.2. The number of nitrogens with zero attached hydrogens (tertiary/aromatic N) is 1. The molecular formula is C29H47N5O7S. The Morgan fingerprint density at radius 3 is 2.21 bits per heavy atom. The fourth-order valence-electron chi connectivity index (χ4n) is 7.10. The predicted molar refractivity (Wildman–Crippen MR) is 157 cm³/mol. The van der Waals surface area contributed by atoms with Gasteiger partial charge in [-0.2, -0.15) is 0 Å². The number of carbonyl (C=O) groups excluding carboxylic acids is 5. The van der Waals surface area contributed by atoms with E-state index in [-0.39, 0.29) is 23.6 Å². The van der Waals surface area contributed by atoms with E-state index in [0.717, 1.165) is 64.2 Å². The summed E-state index contributed by atoms with van der Waals surface area (Å²) >= 11 is -2.09. The lowest BCUT2D eigenvalue weighted by atomic mass is 9.72. The Labute approximate surface area is 250 Å². The molecule has 1 aliphatic heterocycles. The fraction of sp³-hybridized carbons (Fsp3) is 0.828. The summed E-state index contributed by atoms with van der Waals surface area (Å²) in [4.78, 5) is 67.1. The Morgan fingerprint density at radius 2 is 1.60 bits per heavy atom. The van der Waals surface area contributed by atoms with Crippen LogP contribution in [0.15, 0.2) is 0 Å². The first-order valence-electron chi connectivity index (χ1n) is 15.7. The number of carbonyl (C=O) groups is 5. The molecule has 3 saturated carbocycles. The molecule has 12 nitrogen and oxygen atoms in total. The zero-order valence-electron chi connectivity index (χ0n) is 24.7. The number of nitrogens with one attached hydrogen (secondary N) is 4. The van der Waals surface area contributed by atoms with Gasteiger partial charge in [-0.25, -0.2) is 9.00 Å². The van der Waals surface area contributed by atoms with Crippen LogP contribution < -0.4 is 21.3 Å². The van der Waals surface area contributed by atoms with Crippen LogP contribution in [-0.4, -0.2) is 85.2 Å². The number of rotatable bonds is 12. The monoisotopic (exact) mass is 609 g/mol. The van der Waals surface area contributed by atoms with Crippen LogP contribution in [0, 0.1) is 5.92 Å². The lowest BCUT2D eigenvalue weighted by Crippen LogP contribution is -2.68. The van der Waals surface area contributed by atoms with Gasteiger partial charge in [-0.15, -0.1) is 0 Å². The number of Topliss-reactive ketones (excluding diaryl/α,β-unsaturated/α-hetero) is 1. The average molecular weight is 610 g/mol. The first-order chi connectivity index (χ1) is 20.1. The first-order valence-corrected chi connectivity index (χ1v) is 17.0. The third-order valence-electron chi connectivity index (χ3n) is 9.57. The highest BCUT2D eigenvalue weighted by atomic mass is 32.2. The van der Waals surface area contributed by atoms with E-state index in [0.29, 0.717) is 38.6 Å². The van der Waals surface area contributed by atoms with Gasteiger partial charge in [0.1, 0.15) is 11.6 Å².